The molecule has 12 heavy (non-hydrogen) atoms. The zero-order valence-electron chi connectivity index (χ0n) is 7.77. The van der Waals surface area contributed by atoms with Gasteiger partial charge in [0.1, 0.15) is 0 Å². The van der Waals surface area contributed by atoms with Crippen molar-refractivity contribution < 1.29 is 0 Å². The molecule has 0 spiro atoms. The Kier molecular flexibility index (Phi) is 2.82. The van der Waals surface area contributed by atoms with E-state index < -0.39 is 0 Å². The average molecular weight is 169 g/mol. The molecule has 0 bridgehead atoms. The molecular formula is C11H23N. The third-order valence-electron chi connectivity index (χ3n) is 3.48. The standard InChI is InChI=1S/C10H19N.CH4/c1-10(2)7-3-5-9-6-4-8-11(9)10;/h9H,3-8H2,1-2H3;1H4. The van der Waals surface area contributed by atoms with E-state index >= 15 is 0 Å². The SMILES string of the molecule is C.CC1(C)CCCC2CCCN21. The molecule has 2 heterocycles. The van der Waals surface area contributed by atoms with Gasteiger partial charge in [0.2, 0.25) is 0 Å². The van der Waals surface area contributed by atoms with Crippen LogP contribution < -0.4 is 0 Å². The Morgan fingerprint density at radius 1 is 1.17 bits per heavy atom. The third-order valence-corrected chi connectivity index (χ3v) is 3.48. The Labute approximate surface area is 77.1 Å². The van der Waals surface area contributed by atoms with Crippen LogP contribution in [0.5, 0.6) is 0 Å². The second-order valence-corrected chi connectivity index (χ2v) is 4.69. The van der Waals surface area contributed by atoms with Gasteiger partial charge in [-0.3, -0.25) is 4.90 Å². The maximum Gasteiger partial charge on any atom is 0.0156 e. The van der Waals surface area contributed by atoms with E-state index in [1.165, 1.54) is 38.6 Å². The predicted octanol–water partition coefficient (Wildman–Crippen LogP) is 3.05. The van der Waals surface area contributed by atoms with Gasteiger partial charge in [-0.1, -0.05) is 13.8 Å². The summed E-state index contributed by atoms with van der Waals surface area (Å²) in [6.07, 6.45) is 7.22. The van der Waals surface area contributed by atoms with E-state index in [9.17, 15) is 0 Å². The van der Waals surface area contributed by atoms with Crippen molar-refractivity contribution in [3.63, 3.8) is 0 Å². The fraction of sp³-hybridized carbons (Fsp3) is 1.00. The van der Waals surface area contributed by atoms with Crippen LogP contribution >= 0.6 is 0 Å². The molecule has 1 heteroatoms. The number of nitrogens with zero attached hydrogens (tertiary/aromatic N) is 1. The van der Waals surface area contributed by atoms with Gasteiger partial charge in [0.25, 0.3) is 0 Å². The Bertz CT molecular complexity index is 151. The lowest BCUT2D eigenvalue weighted by Gasteiger charge is -2.44. The van der Waals surface area contributed by atoms with E-state index in [1.807, 2.05) is 0 Å². The minimum atomic E-state index is 0. The van der Waals surface area contributed by atoms with Crippen LogP contribution in [0.4, 0.5) is 0 Å². The molecular weight excluding hydrogens is 146 g/mol. The summed E-state index contributed by atoms with van der Waals surface area (Å²) in [5.74, 6) is 0. The molecule has 0 aromatic rings. The number of fused-ring (bicyclic) bond motifs is 1. The minimum Gasteiger partial charge on any atom is -0.295 e. The van der Waals surface area contributed by atoms with Gasteiger partial charge >= 0.3 is 0 Å². The summed E-state index contributed by atoms with van der Waals surface area (Å²) in [5, 5.41) is 0. The van der Waals surface area contributed by atoms with Crippen molar-refractivity contribution in [2.75, 3.05) is 6.54 Å². The molecule has 0 aromatic heterocycles. The minimum absolute atomic E-state index is 0. The fourth-order valence-corrected chi connectivity index (χ4v) is 2.85. The first-order valence-electron chi connectivity index (χ1n) is 4.97. The molecule has 1 unspecified atom stereocenters. The fourth-order valence-electron chi connectivity index (χ4n) is 2.85. The van der Waals surface area contributed by atoms with Gasteiger partial charge in [0, 0.05) is 11.6 Å². The average Bonchev–Trinajstić information content (AvgIpc) is 2.34. The first-order chi connectivity index (χ1) is 5.20. The van der Waals surface area contributed by atoms with E-state index in [1.54, 1.807) is 0 Å². The van der Waals surface area contributed by atoms with E-state index in [-0.39, 0.29) is 7.43 Å². The van der Waals surface area contributed by atoms with Crippen molar-refractivity contribution in [1.82, 2.24) is 4.90 Å². The predicted molar refractivity (Wildman–Crippen MR) is 54.4 cm³/mol. The lowest BCUT2D eigenvalue weighted by molar-refractivity contribution is 0.0567. The normalized spacial score (nSPS) is 34.0. The third kappa shape index (κ3) is 1.52. The molecule has 2 fully saturated rings. The quantitative estimate of drug-likeness (QED) is 0.539. The Hall–Kier alpha value is -0.0400. The zero-order valence-corrected chi connectivity index (χ0v) is 7.77. The molecule has 2 aliphatic rings. The summed E-state index contributed by atoms with van der Waals surface area (Å²) >= 11 is 0. The van der Waals surface area contributed by atoms with Gasteiger partial charge < -0.3 is 0 Å². The lowest BCUT2D eigenvalue weighted by atomic mass is 9.87. The van der Waals surface area contributed by atoms with Gasteiger partial charge in [-0.15, -0.1) is 0 Å². The van der Waals surface area contributed by atoms with Crippen LogP contribution in [0.25, 0.3) is 0 Å². The van der Waals surface area contributed by atoms with Crippen LogP contribution in [0.3, 0.4) is 0 Å². The smallest absolute Gasteiger partial charge is 0.0156 e. The van der Waals surface area contributed by atoms with Crippen LogP contribution in [0.15, 0.2) is 0 Å². The Balaban J connectivity index is 0.000000720. The molecule has 1 atom stereocenters. The van der Waals surface area contributed by atoms with Crippen molar-refractivity contribution in [1.29, 1.82) is 0 Å². The molecule has 0 N–H and O–H groups in total. The number of piperidine rings is 1. The molecule has 2 saturated heterocycles. The van der Waals surface area contributed by atoms with Crippen molar-refractivity contribution in [3.8, 4) is 0 Å². The Morgan fingerprint density at radius 2 is 1.83 bits per heavy atom. The van der Waals surface area contributed by atoms with Crippen LogP contribution in [0.1, 0.15) is 53.4 Å². The van der Waals surface area contributed by atoms with Crippen LogP contribution in [0.2, 0.25) is 0 Å². The van der Waals surface area contributed by atoms with Crippen molar-refractivity contribution in [2.24, 2.45) is 0 Å². The van der Waals surface area contributed by atoms with E-state index in [0.29, 0.717) is 5.54 Å². The highest BCUT2D eigenvalue weighted by Crippen LogP contribution is 2.36. The van der Waals surface area contributed by atoms with Gasteiger partial charge in [-0.2, -0.15) is 0 Å². The van der Waals surface area contributed by atoms with Crippen LogP contribution in [-0.4, -0.2) is 23.0 Å². The highest BCUT2D eigenvalue weighted by molar-refractivity contribution is 4.94. The van der Waals surface area contributed by atoms with Crippen molar-refractivity contribution >= 4 is 0 Å². The maximum absolute atomic E-state index is 2.73. The van der Waals surface area contributed by atoms with E-state index in [0.717, 1.165) is 6.04 Å². The highest BCUT2D eigenvalue weighted by Gasteiger charge is 2.38. The summed E-state index contributed by atoms with van der Waals surface area (Å²) in [6, 6.07) is 0.943. The van der Waals surface area contributed by atoms with Gasteiger partial charge in [0.05, 0.1) is 0 Å². The van der Waals surface area contributed by atoms with E-state index in [4.69, 9.17) is 0 Å². The second kappa shape index (κ2) is 3.37. The molecule has 1 nitrogen and oxygen atoms in total. The molecule has 0 saturated carbocycles. The molecule has 2 rings (SSSR count). The Morgan fingerprint density at radius 3 is 2.50 bits per heavy atom. The van der Waals surface area contributed by atoms with Gasteiger partial charge in [0.15, 0.2) is 0 Å². The monoisotopic (exact) mass is 169 g/mol. The number of hydrogen-bond acceptors (Lipinski definition) is 1. The van der Waals surface area contributed by atoms with Crippen LogP contribution in [-0.2, 0) is 0 Å². The van der Waals surface area contributed by atoms with E-state index in [2.05, 4.69) is 18.7 Å². The molecule has 2 aliphatic heterocycles. The largest absolute Gasteiger partial charge is 0.295 e. The topological polar surface area (TPSA) is 3.24 Å². The first-order valence-corrected chi connectivity index (χ1v) is 4.97. The first kappa shape index (κ1) is 10.0. The lowest BCUT2D eigenvalue weighted by Crippen LogP contribution is -2.49. The van der Waals surface area contributed by atoms with Crippen molar-refractivity contribution in [2.45, 2.75) is 65.0 Å². The maximum atomic E-state index is 2.73. The van der Waals surface area contributed by atoms with Gasteiger partial charge in [-0.25, -0.2) is 0 Å². The summed E-state index contributed by atoms with van der Waals surface area (Å²) < 4.78 is 0. The van der Waals surface area contributed by atoms with Gasteiger partial charge in [-0.05, 0) is 46.1 Å². The summed E-state index contributed by atoms with van der Waals surface area (Å²) in [5.41, 5.74) is 0.513. The van der Waals surface area contributed by atoms with Crippen molar-refractivity contribution in [3.05, 3.63) is 0 Å². The summed E-state index contributed by atoms with van der Waals surface area (Å²) in [6.45, 7) is 6.17. The zero-order chi connectivity index (χ0) is 7.90. The summed E-state index contributed by atoms with van der Waals surface area (Å²) in [7, 11) is 0. The molecule has 0 radical (unpaired) electrons. The second-order valence-electron chi connectivity index (χ2n) is 4.69. The summed E-state index contributed by atoms with van der Waals surface area (Å²) in [4.78, 5) is 2.73. The molecule has 72 valence electrons. The van der Waals surface area contributed by atoms with Crippen LogP contribution in [0, 0.1) is 0 Å². The molecule has 0 aromatic carbocycles. The molecule has 0 amide bonds. The molecule has 0 aliphatic carbocycles. The number of hydrogen-bond donors (Lipinski definition) is 0. The number of rotatable bonds is 0. The highest BCUT2D eigenvalue weighted by atomic mass is 15.2.